The average Bonchev–Trinajstić information content (AvgIpc) is 2.50. The Morgan fingerprint density at radius 1 is 1.04 bits per heavy atom. The lowest BCUT2D eigenvalue weighted by atomic mass is 10.1. The molecule has 11 heteroatoms. The van der Waals surface area contributed by atoms with E-state index in [1.165, 1.54) is 0 Å². The largest absolute Gasteiger partial charge is 0.508 e. The number of carbonyl (C=O) groups is 1. The van der Waals surface area contributed by atoms with Crippen molar-refractivity contribution in [3.8, 4) is 23.0 Å². The maximum atomic E-state index is 11.3. The maximum Gasteiger partial charge on any atom is 0.339 e. The Kier molecular flexibility index (Phi) is 5.26. The highest BCUT2D eigenvalue weighted by Crippen LogP contribution is 2.47. The quantitative estimate of drug-likeness (QED) is 0.222. The van der Waals surface area contributed by atoms with Crippen molar-refractivity contribution >= 4 is 27.0 Å². The molecule has 6 N–H and O–H groups in total. The average molecular weight is 404 g/mol. The smallest absolute Gasteiger partial charge is 0.339 e. The van der Waals surface area contributed by atoms with Gasteiger partial charge in [0.1, 0.15) is 33.5 Å². The Morgan fingerprint density at radius 3 is 2.19 bits per heavy atom. The van der Waals surface area contributed by atoms with Gasteiger partial charge in [-0.05, 0) is 24.5 Å². The van der Waals surface area contributed by atoms with E-state index in [4.69, 9.17) is 9.66 Å². The number of hydrogen-bond donors (Lipinski definition) is 7. The minimum atomic E-state index is -4.77. The predicted molar refractivity (Wildman–Crippen MR) is 93.2 cm³/mol. The molecule has 1 unspecified atom stereocenters. The second-order valence-corrected chi connectivity index (χ2v) is 9.03. The zero-order chi connectivity index (χ0) is 19.8. The van der Waals surface area contributed by atoms with Crippen molar-refractivity contribution in [2.75, 3.05) is 6.26 Å². The van der Waals surface area contributed by atoms with Crippen molar-refractivity contribution in [1.82, 2.24) is 0 Å². The molecule has 0 spiro atoms. The van der Waals surface area contributed by atoms with Crippen molar-refractivity contribution in [1.29, 1.82) is 0 Å². The van der Waals surface area contributed by atoms with Crippen molar-refractivity contribution in [3.05, 3.63) is 35.4 Å². The SMILES string of the molecule is C[SH](Cc1cc(O)c(C(=O)O)cc1O)c1cc(O)cc(S(=O)(=O)O)c1O. The number of benzene rings is 2. The summed E-state index contributed by atoms with van der Waals surface area (Å²) in [6.45, 7) is 0. The molecule has 0 aromatic heterocycles. The van der Waals surface area contributed by atoms with Crippen molar-refractivity contribution < 1.29 is 43.3 Å². The van der Waals surface area contributed by atoms with Crippen molar-refractivity contribution in [2.24, 2.45) is 0 Å². The predicted octanol–water partition coefficient (Wildman–Crippen LogP) is 1.64. The van der Waals surface area contributed by atoms with E-state index < -0.39 is 60.4 Å². The number of aromatic carboxylic acids is 1. The summed E-state index contributed by atoms with van der Waals surface area (Å²) in [7, 11) is -6.18. The Hall–Kier alpha value is -2.63. The van der Waals surface area contributed by atoms with Crippen LogP contribution < -0.4 is 0 Å². The summed E-state index contributed by atoms with van der Waals surface area (Å²) >= 11 is 0. The Morgan fingerprint density at radius 2 is 1.65 bits per heavy atom. The molecule has 1 atom stereocenters. The minimum absolute atomic E-state index is 0.0244. The Labute approximate surface area is 150 Å². The Balaban J connectivity index is 2.46. The molecule has 0 radical (unpaired) electrons. The van der Waals surface area contributed by atoms with Crippen molar-refractivity contribution in [2.45, 2.75) is 15.5 Å². The topological polar surface area (TPSA) is 173 Å². The second-order valence-electron chi connectivity index (χ2n) is 5.45. The highest BCUT2D eigenvalue weighted by Gasteiger charge is 2.23. The van der Waals surface area contributed by atoms with E-state index in [2.05, 4.69) is 0 Å². The maximum absolute atomic E-state index is 11.3. The monoisotopic (exact) mass is 404 g/mol. The lowest BCUT2D eigenvalue weighted by Crippen LogP contribution is -2.01. The van der Waals surface area contributed by atoms with Crippen molar-refractivity contribution in [3.63, 3.8) is 0 Å². The van der Waals surface area contributed by atoms with E-state index in [-0.39, 0.29) is 16.2 Å². The van der Waals surface area contributed by atoms with Crippen LogP contribution in [0, 0.1) is 0 Å². The zero-order valence-electron chi connectivity index (χ0n) is 13.3. The van der Waals surface area contributed by atoms with E-state index in [0.29, 0.717) is 6.07 Å². The molecule has 0 aliphatic rings. The van der Waals surface area contributed by atoms with Gasteiger partial charge in [-0.15, -0.1) is 0 Å². The standard InChI is InChI=1S/C15H16O9S2/c1-25(6-7-2-11(18)9(15(20)21)5-10(7)17)12-3-8(16)4-13(14(12)19)26(22,23)24/h2-5,16-19,25H,6H2,1H3,(H,20,21)(H,22,23,24). The highest BCUT2D eigenvalue weighted by atomic mass is 32.2. The molecule has 0 amide bonds. The van der Waals surface area contributed by atoms with Gasteiger partial charge in [0.15, 0.2) is 0 Å². The number of carboxylic acid groups (broad SMARTS) is 1. The summed E-state index contributed by atoms with van der Waals surface area (Å²) in [4.78, 5) is 10.1. The second kappa shape index (κ2) is 6.94. The number of phenolic OH excluding ortho intramolecular Hbond substituents is 3. The van der Waals surface area contributed by atoms with Gasteiger partial charge in [0.2, 0.25) is 0 Å². The molecule has 0 fully saturated rings. The number of rotatable bonds is 5. The van der Waals surface area contributed by atoms with Crippen LogP contribution in [-0.2, 0) is 15.9 Å². The summed E-state index contributed by atoms with van der Waals surface area (Å²) < 4.78 is 31.7. The number of carboxylic acids is 1. The number of aromatic hydroxyl groups is 4. The molecule has 26 heavy (non-hydrogen) atoms. The summed E-state index contributed by atoms with van der Waals surface area (Å²) in [5.41, 5.74) is -0.321. The lowest BCUT2D eigenvalue weighted by molar-refractivity contribution is 0.0693. The normalized spacial score (nSPS) is 13.4. The summed E-state index contributed by atoms with van der Waals surface area (Å²) in [6.07, 6.45) is 1.60. The molecule has 2 aromatic rings. The molecule has 142 valence electrons. The first kappa shape index (κ1) is 19.7. The van der Waals surface area contributed by atoms with Crippen LogP contribution in [0.25, 0.3) is 0 Å². The molecule has 9 nitrogen and oxygen atoms in total. The van der Waals surface area contributed by atoms with Crippen LogP contribution in [0.4, 0.5) is 0 Å². The minimum Gasteiger partial charge on any atom is -0.508 e. The lowest BCUT2D eigenvalue weighted by Gasteiger charge is -2.20. The number of hydrogen-bond acceptors (Lipinski definition) is 7. The van der Waals surface area contributed by atoms with Gasteiger partial charge in [-0.1, -0.05) is 0 Å². The fourth-order valence-corrected chi connectivity index (χ4v) is 4.79. The number of thiol groups is 1. The molecule has 0 aliphatic heterocycles. The summed E-state index contributed by atoms with van der Waals surface area (Å²) in [5.74, 6) is -3.59. The first-order valence-electron chi connectivity index (χ1n) is 6.94. The van der Waals surface area contributed by atoms with Crippen LogP contribution in [0.3, 0.4) is 0 Å². The van der Waals surface area contributed by atoms with Crippen LogP contribution in [0.1, 0.15) is 15.9 Å². The van der Waals surface area contributed by atoms with Crippen LogP contribution in [0.15, 0.2) is 34.1 Å². The molecule has 0 saturated heterocycles. The molecule has 2 rings (SSSR count). The zero-order valence-corrected chi connectivity index (χ0v) is 15.0. The van der Waals surface area contributed by atoms with Gasteiger partial charge < -0.3 is 25.5 Å². The third kappa shape index (κ3) is 3.95. The van der Waals surface area contributed by atoms with Gasteiger partial charge in [-0.25, -0.2) is 15.7 Å². The molecule has 0 aliphatic carbocycles. The molecule has 0 saturated carbocycles. The van der Waals surface area contributed by atoms with Crippen LogP contribution >= 0.6 is 10.9 Å². The molecule has 2 aromatic carbocycles. The first-order chi connectivity index (χ1) is 11.9. The summed E-state index contributed by atoms with van der Waals surface area (Å²) in [5, 5.41) is 48.4. The van der Waals surface area contributed by atoms with Gasteiger partial charge in [0.25, 0.3) is 10.1 Å². The summed E-state index contributed by atoms with van der Waals surface area (Å²) in [6, 6.07) is 3.75. The highest BCUT2D eigenvalue weighted by molar-refractivity contribution is 8.15. The van der Waals surface area contributed by atoms with E-state index >= 15 is 0 Å². The van der Waals surface area contributed by atoms with Gasteiger partial charge in [-0.2, -0.15) is 8.42 Å². The molecular formula is C15H16O9S2. The van der Waals surface area contributed by atoms with E-state index in [0.717, 1.165) is 18.2 Å². The molecule has 0 bridgehead atoms. The fraction of sp³-hybridized carbons (Fsp3) is 0.133. The first-order valence-corrected chi connectivity index (χ1v) is 10.4. The molecular weight excluding hydrogens is 388 g/mol. The van der Waals surface area contributed by atoms with Gasteiger partial charge >= 0.3 is 5.97 Å². The Bertz CT molecular complexity index is 983. The van der Waals surface area contributed by atoms with Crippen LogP contribution in [0.2, 0.25) is 0 Å². The van der Waals surface area contributed by atoms with Crippen LogP contribution in [0.5, 0.6) is 23.0 Å². The van der Waals surface area contributed by atoms with Crippen LogP contribution in [-0.4, -0.2) is 50.7 Å². The number of phenols is 4. The fourth-order valence-electron chi connectivity index (χ4n) is 2.33. The van der Waals surface area contributed by atoms with E-state index in [1.54, 1.807) is 6.26 Å². The van der Waals surface area contributed by atoms with Gasteiger partial charge in [-0.3, -0.25) is 4.55 Å². The van der Waals surface area contributed by atoms with Gasteiger partial charge in [0.05, 0.1) is 0 Å². The third-order valence-corrected chi connectivity index (χ3v) is 6.41. The van der Waals surface area contributed by atoms with E-state index in [9.17, 15) is 33.6 Å². The van der Waals surface area contributed by atoms with Gasteiger partial charge in [0, 0.05) is 22.3 Å². The third-order valence-electron chi connectivity index (χ3n) is 3.56. The molecule has 0 heterocycles. The van der Waals surface area contributed by atoms with E-state index in [1.807, 2.05) is 0 Å².